The number of nitrogens with zero attached hydrogens (tertiary/aromatic N) is 2. The average Bonchev–Trinajstić information content (AvgIpc) is 3.03. The predicted molar refractivity (Wildman–Crippen MR) is 224 cm³/mol. The average molecular weight is 723 g/mol. The molecular formula is C46H96N2Na2. The maximum absolute atomic E-state index is 4.69. The van der Waals surface area contributed by atoms with Gasteiger partial charge in [0.25, 0.3) is 0 Å². The zero-order valence-electron chi connectivity index (χ0n) is 37.4. The van der Waals surface area contributed by atoms with Gasteiger partial charge >= 0.3 is 59.1 Å². The minimum Gasteiger partial charge on any atom is -0.662 e. The molecule has 292 valence electrons. The van der Waals surface area contributed by atoms with Gasteiger partial charge < -0.3 is 10.6 Å². The van der Waals surface area contributed by atoms with Gasteiger partial charge in [-0.15, -0.1) is 26.2 Å². The van der Waals surface area contributed by atoms with E-state index in [1.807, 2.05) is 0 Å². The van der Waals surface area contributed by atoms with Gasteiger partial charge in [0.15, 0.2) is 0 Å². The molecule has 0 radical (unpaired) electrons. The molecule has 0 amide bonds. The van der Waals surface area contributed by atoms with Crippen LogP contribution in [-0.2, 0) is 0 Å². The molecule has 4 heteroatoms. The SMILES string of the molecule is CCCCCCCCCC[N-]CCCCCCCCCC(C)(C)C.CCCCCCCCCC[N-]CCCCCCCCCC(C)(C)C.[Na+].[Na+]. The van der Waals surface area contributed by atoms with Gasteiger partial charge in [0.05, 0.1) is 0 Å². The monoisotopic (exact) mass is 723 g/mol. The first kappa shape index (κ1) is 58.6. The molecule has 0 rings (SSSR count). The summed E-state index contributed by atoms with van der Waals surface area (Å²) in [5.74, 6) is 0. The summed E-state index contributed by atoms with van der Waals surface area (Å²) < 4.78 is 0. The van der Waals surface area contributed by atoms with Crippen LogP contribution in [0.5, 0.6) is 0 Å². The summed E-state index contributed by atoms with van der Waals surface area (Å²) in [6, 6.07) is 0. The van der Waals surface area contributed by atoms with E-state index in [0.717, 1.165) is 26.2 Å². The normalized spacial score (nSPS) is 11.5. The Hall–Kier alpha value is 1.92. The van der Waals surface area contributed by atoms with Gasteiger partial charge in [-0.3, -0.25) is 0 Å². The third kappa shape index (κ3) is 61.9. The molecule has 0 saturated heterocycles. The first-order chi connectivity index (χ1) is 23.1. The summed E-state index contributed by atoms with van der Waals surface area (Å²) in [6.45, 7) is 23.1. The fourth-order valence-corrected chi connectivity index (χ4v) is 6.46. The van der Waals surface area contributed by atoms with E-state index in [1.54, 1.807) is 0 Å². The van der Waals surface area contributed by atoms with E-state index in [4.69, 9.17) is 10.6 Å². The minimum atomic E-state index is 0. The maximum atomic E-state index is 4.69. The van der Waals surface area contributed by atoms with E-state index < -0.39 is 0 Å². The molecule has 0 aliphatic heterocycles. The zero-order chi connectivity index (χ0) is 35.9. The van der Waals surface area contributed by atoms with Crippen molar-refractivity contribution in [2.24, 2.45) is 10.8 Å². The minimum absolute atomic E-state index is 0. The zero-order valence-corrected chi connectivity index (χ0v) is 41.4. The first-order valence-electron chi connectivity index (χ1n) is 22.4. The molecule has 0 aromatic heterocycles. The smallest absolute Gasteiger partial charge is 0.662 e. The van der Waals surface area contributed by atoms with Crippen molar-refractivity contribution < 1.29 is 59.1 Å². The molecule has 0 aliphatic carbocycles. The molecule has 0 atom stereocenters. The number of hydrogen-bond acceptors (Lipinski definition) is 0. The molecule has 0 aromatic carbocycles. The van der Waals surface area contributed by atoms with Crippen molar-refractivity contribution in [3.05, 3.63) is 10.6 Å². The molecule has 0 N–H and O–H groups in total. The largest absolute Gasteiger partial charge is 1.00 e. The Morgan fingerprint density at radius 1 is 0.260 bits per heavy atom. The molecule has 0 heterocycles. The van der Waals surface area contributed by atoms with Crippen molar-refractivity contribution in [2.75, 3.05) is 26.2 Å². The molecular weight excluding hydrogens is 627 g/mol. The predicted octanol–water partition coefficient (Wildman–Crippen LogP) is 11.3. The summed E-state index contributed by atoms with van der Waals surface area (Å²) >= 11 is 0. The Kier molecular flexibility index (Phi) is 55.2. The molecule has 0 aliphatic rings. The van der Waals surface area contributed by atoms with Gasteiger partial charge in [-0.1, -0.05) is 248 Å². The molecule has 0 saturated carbocycles. The summed E-state index contributed by atoms with van der Waals surface area (Å²) in [4.78, 5) is 0. The molecule has 0 spiro atoms. The van der Waals surface area contributed by atoms with Crippen molar-refractivity contribution in [1.29, 1.82) is 0 Å². The van der Waals surface area contributed by atoms with Crippen LogP contribution in [0.3, 0.4) is 0 Å². The van der Waals surface area contributed by atoms with E-state index in [0.29, 0.717) is 10.8 Å². The first-order valence-corrected chi connectivity index (χ1v) is 22.4. The second kappa shape index (κ2) is 47.1. The number of rotatable bonds is 36. The second-order valence-electron chi connectivity index (χ2n) is 17.9. The summed E-state index contributed by atoms with van der Waals surface area (Å²) in [5, 5.41) is 9.39. The quantitative estimate of drug-likeness (QED) is 0.0455. The summed E-state index contributed by atoms with van der Waals surface area (Å²) in [5.41, 5.74) is 1.05. The fraction of sp³-hybridized carbons (Fsp3) is 1.00. The van der Waals surface area contributed by atoms with Gasteiger partial charge in [-0.2, -0.15) is 0 Å². The maximum Gasteiger partial charge on any atom is 1.00 e. The second-order valence-corrected chi connectivity index (χ2v) is 17.9. The Balaban J connectivity index is -0.000000407. The van der Waals surface area contributed by atoms with E-state index in [-0.39, 0.29) is 59.1 Å². The molecule has 0 aromatic rings. The Labute approximate surface area is 364 Å². The molecule has 0 bridgehead atoms. The molecule has 50 heavy (non-hydrogen) atoms. The Bertz CT molecular complexity index is 519. The van der Waals surface area contributed by atoms with Crippen LogP contribution in [0.4, 0.5) is 0 Å². The van der Waals surface area contributed by atoms with Crippen molar-refractivity contribution in [3.63, 3.8) is 0 Å². The van der Waals surface area contributed by atoms with Gasteiger partial charge in [0.2, 0.25) is 0 Å². The van der Waals surface area contributed by atoms with Crippen LogP contribution in [0.2, 0.25) is 0 Å². The van der Waals surface area contributed by atoms with Crippen LogP contribution in [0.15, 0.2) is 0 Å². The molecule has 0 fully saturated rings. The van der Waals surface area contributed by atoms with Crippen LogP contribution in [-0.4, -0.2) is 26.2 Å². The Morgan fingerprint density at radius 2 is 0.440 bits per heavy atom. The van der Waals surface area contributed by atoms with Crippen LogP contribution in [0, 0.1) is 10.8 Å². The summed E-state index contributed by atoms with van der Waals surface area (Å²) in [6.07, 6.45) is 44.9. The van der Waals surface area contributed by atoms with Crippen molar-refractivity contribution >= 4 is 0 Å². The topological polar surface area (TPSA) is 28.2 Å². The van der Waals surface area contributed by atoms with Crippen LogP contribution < -0.4 is 59.1 Å². The summed E-state index contributed by atoms with van der Waals surface area (Å²) in [7, 11) is 0. The van der Waals surface area contributed by atoms with E-state index in [9.17, 15) is 0 Å². The van der Waals surface area contributed by atoms with Crippen LogP contribution in [0.25, 0.3) is 10.6 Å². The third-order valence-corrected chi connectivity index (χ3v) is 9.83. The van der Waals surface area contributed by atoms with Crippen molar-refractivity contribution in [3.8, 4) is 0 Å². The van der Waals surface area contributed by atoms with Gasteiger partial charge in [-0.25, -0.2) is 0 Å². The van der Waals surface area contributed by atoms with Crippen molar-refractivity contribution in [1.82, 2.24) is 0 Å². The number of hydrogen-bond donors (Lipinski definition) is 0. The van der Waals surface area contributed by atoms with E-state index in [2.05, 4.69) is 55.4 Å². The number of unbranched alkanes of at least 4 members (excludes halogenated alkanes) is 26. The Morgan fingerprint density at radius 3 is 0.640 bits per heavy atom. The fourth-order valence-electron chi connectivity index (χ4n) is 6.46. The van der Waals surface area contributed by atoms with Gasteiger partial charge in [-0.05, 0) is 23.7 Å². The molecule has 0 unspecified atom stereocenters. The van der Waals surface area contributed by atoms with E-state index in [1.165, 1.54) is 205 Å². The van der Waals surface area contributed by atoms with Gasteiger partial charge in [0, 0.05) is 0 Å². The van der Waals surface area contributed by atoms with E-state index >= 15 is 0 Å². The standard InChI is InChI=1S/2C23H48N.2Na/c2*1-5-6-7-8-9-12-15-18-21-24-22-19-16-13-10-11-14-17-20-23(2,3)4;;/h2*5-22H2,1-4H3;;/q2*-1;2*+1. The molecule has 2 nitrogen and oxygen atoms in total. The van der Waals surface area contributed by atoms with Crippen LogP contribution in [0.1, 0.15) is 261 Å². The van der Waals surface area contributed by atoms with Crippen molar-refractivity contribution in [2.45, 2.75) is 261 Å². The van der Waals surface area contributed by atoms with Gasteiger partial charge in [0.1, 0.15) is 0 Å². The third-order valence-electron chi connectivity index (χ3n) is 9.83. The van der Waals surface area contributed by atoms with Crippen LogP contribution >= 0.6 is 0 Å².